The summed E-state index contributed by atoms with van der Waals surface area (Å²) in [6.07, 6.45) is 3.55. The van der Waals surface area contributed by atoms with E-state index < -0.39 is 5.54 Å². The molecule has 3 atom stereocenters. The van der Waals surface area contributed by atoms with Crippen molar-refractivity contribution in [3.63, 3.8) is 0 Å². The topological polar surface area (TPSA) is 66.5 Å². The minimum atomic E-state index is -0.854. The van der Waals surface area contributed by atoms with Crippen molar-refractivity contribution in [2.24, 2.45) is 17.8 Å². The average Bonchev–Trinajstić information content (AvgIpc) is 2.61. The van der Waals surface area contributed by atoms with E-state index in [1.165, 1.54) is 4.90 Å². The van der Waals surface area contributed by atoms with E-state index in [4.69, 9.17) is 0 Å². The number of carbonyl (C=O) groups is 3. The number of amides is 2. The maximum Gasteiger partial charge on any atom is 0.318 e. The van der Waals surface area contributed by atoms with Gasteiger partial charge in [-0.25, -0.2) is 4.79 Å². The molecule has 5 heteroatoms. The van der Waals surface area contributed by atoms with Crippen LogP contribution in [0.25, 0.3) is 0 Å². The molecule has 0 unspecified atom stereocenters. The molecular weight excluding hydrogens is 328 g/mol. The van der Waals surface area contributed by atoms with Gasteiger partial charge >= 0.3 is 6.03 Å². The molecule has 0 radical (unpaired) electrons. The number of ketones is 1. The van der Waals surface area contributed by atoms with Crippen LogP contribution in [0.4, 0.5) is 4.79 Å². The Hall–Kier alpha value is -2.17. The smallest absolute Gasteiger partial charge is 0.318 e. The van der Waals surface area contributed by atoms with E-state index in [0.29, 0.717) is 23.8 Å². The molecule has 0 bridgehead atoms. The second-order valence-corrected chi connectivity index (χ2v) is 7.97. The molecule has 2 amide bonds. The summed E-state index contributed by atoms with van der Waals surface area (Å²) >= 11 is 0. The van der Waals surface area contributed by atoms with Gasteiger partial charge in [-0.3, -0.25) is 4.79 Å². The van der Waals surface area contributed by atoms with Crippen molar-refractivity contribution in [1.82, 2.24) is 10.2 Å². The molecule has 1 aromatic rings. The summed E-state index contributed by atoms with van der Waals surface area (Å²) in [6.45, 7) is 6.28. The first-order chi connectivity index (χ1) is 12.3. The molecular formula is C21H30N2O3. The Morgan fingerprint density at radius 2 is 1.92 bits per heavy atom. The van der Waals surface area contributed by atoms with Crippen molar-refractivity contribution in [2.75, 3.05) is 13.6 Å². The molecule has 142 valence electrons. The Morgan fingerprint density at radius 1 is 1.27 bits per heavy atom. The van der Waals surface area contributed by atoms with Gasteiger partial charge in [-0.1, -0.05) is 57.5 Å². The van der Waals surface area contributed by atoms with Gasteiger partial charge in [0.15, 0.2) is 5.78 Å². The Bertz CT molecular complexity index is 644. The zero-order valence-corrected chi connectivity index (χ0v) is 16.2. The first-order valence-corrected chi connectivity index (χ1v) is 9.37. The first-order valence-electron chi connectivity index (χ1n) is 9.37. The predicted octanol–water partition coefficient (Wildman–Crippen LogP) is 3.54. The van der Waals surface area contributed by atoms with Crippen LogP contribution in [0.5, 0.6) is 0 Å². The van der Waals surface area contributed by atoms with E-state index in [-0.39, 0.29) is 24.3 Å². The molecule has 26 heavy (non-hydrogen) atoms. The molecule has 1 saturated carbocycles. The number of likely N-dealkylation sites (N-methyl/N-ethyl adjacent to an activating group) is 1. The monoisotopic (exact) mass is 358 g/mol. The van der Waals surface area contributed by atoms with Gasteiger partial charge in [-0.2, -0.15) is 0 Å². The van der Waals surface area contributed by atoms with Gasteiger partial charge in [0.25, 0.3) is 0 Å². The van der Waals surface area contributed by atoms with Crippen LogP contribution in [0.2, 0.25) is 0 Å². The maximum atomic E-state index is 12.7. The van der Waals surface area contributed by atoms with Crippen molar-refractivity contribution >= 4 is 18.1 Å². The van der Waals surface area contributed by atoms with Crippen LogP contribution >= 0.6 is 0 Å². The molecule has 0 heterocycles. The highest BCUT2D eigenvalue weighted by Gasteiger charge is 2.45. The quantitative estimate of drug-likeness (QED) is 0.625. The number of hydrogen-bond donors (Lipinski definition) is 1. The Labute approximate surface area is 156 Å². The van der Waals surface area contributed by atoms with Crippen LogP contribution < -0.4 is 5.32 Å². The molecule has 1 fully saturated rings. The molecule has 1 aromatic carbocycles. The molecule has 0 aromatic heterocycles. The van der Waals surface area contributed by atoms with E-state index in [1.807, 2.05) is 6.07 Å². The van der Waals surface area contributed by atoms with Crippen LogP contribution in [0.1, 0.15) is 50.4 Å². The number of carbonyl (C=O) groups excluding carboxylic acids is 3. The molecule has 0 aliphatic heterocycles. The van der Waals surface area contributed by atoms with E-state index in [0.717, 1.165) is 19.1 Å². The van der Waals surface area contributed by atoms with Crippen molar-refractivity contribution in [1.29, 1.82) is 0 Å². The Morgan fingerprint density at radius 3 is 2.50 bits per heavy atom. The lowest BCUT2D eigenvalue weighted by molar-refractivity contribution is -0.118. The summed E-state index contributed by atoms with van der Waals surface area (Å²) in [5, 5.41) is 2.97. The molecule has 1 aliphatic carbocycles. The maximum absolute atomic E-state index is 12.7. The van der Waals surface area contributed by atoms with Gasteiger partial charge in [0, 0.05) is 12.6 Å². The number of aldehydes is 1. The van der Waals surface area contributed by atoms with Crippen molar-refractivity contribution in [2.45, 2.75) is 45.6 Å². The number of hydrogen-bond acceptors (Lipinski definition) is 3. The molecule has 1 N–H and O–H groups in total. The zero-order valence-electron chi connectivity index (χ0n) is 16.2. The summed E-state index contributed by atoms with van der Waals surface area (Å²) in [7, 11) is 1.59. The number of rotatable bonds is 6. The number of nitrogens with zero attached hydrogens (tertiary/aromatic N) is 1. The summed E-state index contributed by atoms with van der Waals surface area (Å²) in [5.41, 5.74) is -0.281. The summed E-state index contributed by atoms with van der Waals surface area (Å²) in [6, 6.07) is 8.53. The van der Waals surface area contributed by atoms with Crippen LogP contribution in [-0.4, -0.2) is 42.1 Å². The number of benzene rings is 1. The lowest BCUT2D eigenvalue weighted by atomic mass is 9.65. The third-order valence-electron chi connectivity index (χ3n) is 5.50. The van der Waals surface area contributed by atoms with Crippen molar-refractivity contribution in [3.8, 4) is 0 Å². The van der Waals surface area contributed by atoms with Crippen LogP contribution in [-0.2, 0) is 4.79 Å². The summed E-state index contributed by atoms with van der Waals surface area (Å²) in [5.74, 6) is 0.662. The van der Waals surface area contributed by atoms with Gasteiger partial charge in [0.05, 0.1) is 6.54 Å². The number of Topliss-reactive ketones (excluding diaryl/α,β-unsaturated/α-hetero) is 1. The summed E-state index contributed by atoms with van der Waals surface area (Å²) in [4.78, 5) is 38.5. The van der Waals surface area contributed by atoms with E-state index in [1.54, 1.807) is 31.3 Å². The number of nitrogens with one attached hydrogen (secondary N) is 1. The van der Waals surface area contributed by atoms with Gasteiger partial charge in [0.2, 0.25) is 0 Å². The lowest BCUT2D eigenvalue weighted by Crippen LogP contribution is -2.61. The second kappa shape index (κ2) is 8.47. The Balaban J connectivity index is 2.09. The molecule has 1 aliphatic rings. The van der Waals surface area contributed by atoms with E-state index >= 15 is 0 Å². The van der Waals surface area contributed by atoms with E-state index in [2.05, 4.69) is 26.1 Å². The normalized spacial score (nSPS) is 25.6. The van der Waals surface area contributed by atoms with Crippen molar-refractivity contribution < 1.29 is 14.4 Å². The average molecular weight is 358 g/mol. The minimum absolute atomic E-state index is 0.0211. The highest BCUT2D eigenvalue weighted by molar-refractivity contribution is 5.99. The fraction of sp³-hybridized carbons (Fsp3) is 0.571. The van der Waals surface area contributed by atoms with Gasteiger partial charge in [0.1, 0.15) is 11.8 Å². The zero-order chi connectivity index (χ0) is 19.3. The fourth-order valence-electron chi connectivity index (χ4n) is 4.09. The van der Waals surface area contributed by atoms with Gasteiger partial charge in [-0.05, 0) is 30.6 Å². The van der Waals surface area contributed by atoms with Crippen LogP contribution in [0.3, 0.4) is 0 Å². The highest BCUT2D eigenvalue weighted by atomic mass is 16.2. The van der Waals surface area contributed by atoms with Gasteiger partial charge < -0.3 is 15.0 Å². The number of urea groups is 1. The van der Waals surface area contributed by atoms with E-state index in [9.17, 15) is 14.4 Å². The van der Waals surface area contributed by atoms with Crippen LogP contribution in [0, 0.1) is 17.8 Å². The standard InChI is InChI=1S/C21H30N2O3/c1-15(2)18-11-10-16(3)12-21(18,14-24)22-20(26)23(4)13-19(25)17-8-6-5-7-9-17/h5-9,14-16,18H,10-13H2,1-4H3,(H,22,26)/t16-,18+,21-/m1/s1. The summed E-state index contributed by atoms with van der Waals surface area (Å²) < 4.78 is 0. The largest absolute Gasteiger partial charge is 0.325 e. The third kappa shape index (κ3) is 4.51. The SMILES string of the molecule is CC(C)[C@@H]1CC[C@@H](C)C[C@]1(C=O)NC(=O)N(C)CC(=O)c1ccccc1. The molecule has 0 spiro atoms. The second-order valence-electron chi connectivity index (χ2n) is 7.97. The Kier molecular flexibility index (Phi) is 6.57. The van der Waals surface area contributed by atoms with Crippen molar-refractivity contribution in [3.05, 3.63) is 35.9 Å². The van der Waals surface area contributed by atoms with Gasteiger partial charge in [-0.15, -0.1) is 0 Å². The fourth-order valence-corrected chi connectivity index (χ4v) is 4.09. The molecule has 2 rings (SSSR count). The highest BCUT2D eigenvalue weighted by Crippen LogP contribution is 2.40. The minimum Gasteiger partial charge on any atom is -0.325 e. The molecule has 5 nitrogen and oxygen atoms in total. The first kappa shape index (κ1) is 20.1. The van der Waals surface area contributed by atoms with Crippen LogP contribution in [0.15, 0.2) is 30.3 Å². The lowest BCUT2D eigenvalue weighted by Gasteiger charge is -2.45. The molecule has 0 saturated heterocycles. The predicted molar refractivity (Wildman–Crippen MR) is 102 cm³/mol. The third-order valence-corrected chi connectivity index (χ3v) is 5.50.